The maximum atomic E-state index is 2.30. The van der Waals surface area contributed by atoms with Crippen LogP contribution in [0.25, 0.3) is 0 Å². The minimum Gasteiger partial charge on any atom is -0.0654 e. The number of aryl methyl sites for hydroxylation is 1. The van der Waals surface area contributed by atoms with Crippen LogP contribution in [0, 0.1) is 0 Å². The van der Waals surface area contributed by atoms with Gasteiger partial charge in [-0.15, -0.1) is 0 Å². The summed E-state index contributed by atoms with van der Waals surface area (Å²) in [7, 11) is 0. The maximum absolute atomic E-state index is 2.30. The van der Waals surface area contributed by atoms with Gasteiger partial charge in [-0.1, -0.05) is 159 Å². The fraction of sp³-hybridized carbons (Fsp3) is 0.786. The van der Waals surface area contributed by atoms with Gasteiger partial charge < -0.3 is 0 Å². The second-order valence-corrected chi connectivity index (χ2v) is 8.95. The lowest BCUT2D eigenvalue weighted by Crippen LogP contribution is -1.86. The first-order valence-corrected chi connectivity index (χ1v) is 13.0. The van der Waals surface area contributed by atoms with Crippen LogP contribution >= 0.6 is 0 Å². The summed E-state index contributed by atoms with van der Waals surface area (Å²) in [6.45, 7) is 2.30. The molecule has 0 saturated carbocycles. The molecule has 0 radical (unpaired) electrons. The molecule has 0 nitrogen and oxygen atoms in total. The zero-order valence-electron chi connectivity index (χ0n) is 19.2. The van der Waals surface area contributed by atoms with Crippen molar-refractivity contribution in [3.8, 4) is 0 Å². The van der Waals surface area contributed by atoms with E-state index < -0.39 is 0 Å². The highest BCUT2D eigenvalue weighted by atomic mass is 14.0. The SMILES string of the molecule is CCCCCCCCCCCCCCCCCCCCCCc1ccccc1. The Hall–Kier alpha value is -0.780. The van der Waals surface area contributed by atoms with Crippen LogP contribution in [0.3, 0.4) is 0 Å². The van der Waals surface area contributed by atoms with E-state index in [1.165, 1.54) is 140 Å². The first kappa shape index (κ1) is 25.3. The molecule has 0 unspecified atom stereocenters. The van der Waals surface area contributed by atoms with Gasteiger partial charge in [-0.3, -0.25) is 0 Å². The van der Waals surface area contributed by atoms with Crippen molar-refractivity contribution in [2.24, 2.45) is 0 Å². The Bertz CT molecular complexity index is 394. The average Bonchev–Trinajstić information content (AvgIpc) is 2.73. The van der Waals surface area contributed by atoms with Crippen LogP contribution in [0.5, 0.6) is 0 Å². The predicted molar refractivity (Wildman–Crippen MR) is 128 cm³/mol. The van der Waals surface area contributed by atoms with E-state index in [1.54, 1.807) is 0 Å². The Morgan fingerprint density at radius 3 is 1.07 bits per heavy atom. The topological polar surface area (TPSA) is 0 Å². The van der Waals surface area contributed by atoms with Crippen molar-refractivity contribution in [3.05, 3.63) is 35.9 Å². The molecule has 0 aliphatic rings. The smallest absolute Gasteiger partial charge is 0.0279 e. The average molecular weight is 387 g/mol. The first-order chi connectivity index (χ1) is 13.9. The van der Waals surface area contributed by atoms with Gasteiger partial charge in [0.2, 0.25) is 0 Å². The summed E-state index contributed by atoms with van der Waals surface area (Å²) in [4.78, 5) is 0. The lowest BCUT2D eigenvalue weighted by atomic mass is 10.0. The molecule has 0 bridgehead atoms. The molecule has 0 amide bonds. The molecule has 28 heavy (non-hydrogen) atoms. The van der Waals surface area contributed by atoms with Crippen molar-refractivity contribution in [2.45, 2.75) is 142 Å². The minimum absolute atomic E-state index is 1.26. The number of hydrogen-bond acceptors (Lipinski definition) is 0. The molecule has 0 fully saturated rings. The summed E-state index contributed by atoms with van der Waals surface area (Å²) in [5, 5.41) is 0. The molecule has 1 rings (SSSR count). The third kappa shape index (κ3) is 17.3. The van der Waals surface area contributed by atoms with Gasteiger partial charge in [-0.25, -0.2) is 0 Å². The molecule has 0 aliphatic carbocycles. The Balaban J connectivity index is 1.67. The van der Waals surface area contributed by atoms with Crippen LogP contribution in [-0.4, -0.2) is 0 Å². The van der Waals surface area contributed by atoms with E-state index in [0.717, 1.165) is 0 Å². The minimum atomic E-state index is 1.26. The van der Waals surface area contributed by atoms with E-state index >= 15 is 0 Å². The van der Waals surface area contributed by atoms with Crippen LogP contribution in [0.4, 0.5) is 0 Å². The molecule has 0 spiro atoms. The Labute approximate surface area is 177 Å². The summed E-state index contributed by atoms with van der Waals surface area (Å²) in [5.41, 5.74) is 1.50. The normalized spacial score (nSPS) is 11.2. The fourth-order valence-corrected chi connectivity index (χ4v) is 4.23. The van der Waals surface area contributed by atoms with Gasteiger partial charge in [0, 0.05) is 0 Å². The number of rotatable bonds is 21. The molecule has 0 heterocycles. The molecule has 0 aromatic heterocycles. The van der Waals surface area contributed by atoms with E-state index in [-0.39, 0.29) is 0 Å². The van der Waals surface area contributed by atoms with Gasteiger partial charge in [0.05, 0.1) is 0 Å². The second-order valence-electron chi connectivity index (χ2n) is 8.95. The van der Waals surface area contributed by atoms with Crippen molar-refractivity contribution < 1.29 is 0 Å². The van der Waals surface area contributed by atoms with Crippen molar-refractivity contribution in [1.29, 1.82) is 0 Å². The number of unbranched alkanes of at least 4 members (excludes halogenated alkanes) is 19. The summed E-state index contributed by atoms with van der Waals surface area (Å²) in [6.07, 6.45) is 30.4. The third-order valence-corrected chi connectivity index (χ3v) is 6.16. The van der Waals surface area contributed by atoms with Crippen LogP contribution in [0.1, 0.15) is 141 Å². The van der Waals surface area contributed by atoms with Crippen molar-refractivity contribution in [1.82, 2.24) is 0 Å². The molecule has 0 heteroatoms. The van der Waals surface area contributed by atoms with E-state index in [1.807, 2.05) is 0 Å². The second kappa shape index (κ2) is 20.9. The van der Waals surface area contributed by atoms with Crippen LogP contribution in [0.15, 0.2) is 30.3 Å². The van der Waals surface area contributed by atoms with Crippen LogP contribution < -0.4 is 0 Å². The molecule has 162 valence electrons. The van der Waals surface area contributed by atoms with Crippen molar-refractivity contribution in [3.63, 3.8) is 0 Å². The largest absolute Gasteiger partial charge is 0.0654 e. The number of hydrogen-bond donors (Lipinski definition) is 0. The molecule has 0 aliphatic heterocycles. The highest BCUT2D eigenvalue weighted by Crippen LogP contribution is 2.15. The third-order valence-electron chi connectivity index (χ3n) is 6.16. The van der Waals surface area contributed by atoms with E-state index in [9.17, 15) is 0 Å². The van der Waals surface area contributed by atoms with Crippen molar-refractivity contribution in [2.75, 3.05) is 0 Å². The zero-order chi connectivity index (χ0) is 20.0. The Kier molecular flexibility index (Phi) is 18.9. The standard InChI is InChI=1S/C28H50/c1-2-3-4-5-6-7-8-9-10-11-12-13-14-15-16-17-18-19-20-22-25-28-26-23-21-24-27-28/h21,23-24,26-27H,2-20,22,25H2,1H3. The zero-order valence-corrected chi connectivity index (χ0v) is 19.2. The van der Waals surface area contributed by atoms with Gasteiger partial charge in [0.25, 0.3) is 0 Å². The van der Waals surface area contributed by atoms with Gasteiger partial charge in [-0.05, 0) is 18.4 Å². The van der Waals surface area contributed by atoms with E-state index in [0.29, 0.717) is 0 Å². The first-order valence-electron chi connectivity index (χ1n) is 13.0. The van der Waals surface area contributed by atoms with Gasteiger partial charge >= 0.3 is 0 Å². The van der Waals surface area contributed by atoms with Crippen molar-refractivity contribution >= 4 is 0 Å². The van der Waals surface area contributed by atoms with Gasteiger partial charge in [0.1, 0.15) is 0 Å². The van der Waals surface area contributed by atoms with Crippen LogP contribution in [-0.2, 0) is 6.42 Å². The maximum Gasteiger partial charge on any atom is -0.0279 e. The quantitative estimate of drug-likeness (QED) is 0.184. The number of benzene rings is 1. The molecule has 0 N–H and O–H groups in total. The Morgan fingerprint density at radius 2 is 0.714 bits per heavy atom. The molecule has 1 aromatic rings. The monoisotopic (exact) mass is 386 g/mol. The van der Waals surface area contributed by atoms with Crippen LogP contribution in [0.2, 0.25) is 0 Å². The highest BCUT2D eigenvalue weighted by molar-refractivity contribution is 5.14. The lowest BCUT2D eigenvalue weighted by Gasteiger charge is -2.04. The predicted octanol–water partition coefficient (Wildman–Crippen LogP) is 10.1. The van der Waals surface area contributed by atoms with Gasteiger partial charge in [0.15, 0.2) is 0 Å². The summed E-state index contributed by atoms with van der Waals surface area (Å²) >= 11 is 0. The van der Waals surface area contributed by atoms with Gasteiger partial charge in [-0.2, -0.15) is 0 Å². The summed E-state index contributed by atoms with van der Waals surface area (Å²) in [6, 6.07) is 10.9. The summed E-state index contributed by atoms with van der Waals surface area (Å²) in [5.74, 6) is 0. The highest BCUT2D eigenvalue weighted by Gasteiger charge is 1.96. The van der Waals surface area contributed by atoms with E-state index in [2.05, 4.69) is 37.3 Å². The molecule has 1 aromatic carbocycles. The molecule has 0 saturated heterocycles. The fourth-order valence-electron chi connectivity index (χ4n) is 4.23. The molecular formula is C28H50. The Morgan fingerprint density at radius 1 is 0.393 bits per heavy atom. The molecule has 0 atom stereocenters. The molecular weight excluding hydrogens is 336 g/mol. The van der Waals surface area contributed by atoms with E-state index in [4.69, 9.17) is 0 Å². The summed E-state index contributed by atoms with van der Waals surface area (Å²) < 4.78 is 0. The lowest BCUT2D eigenvalue weighted by molar-refractivity contribution is 0.522.